The van der Waals surface area contributed by atoms with Gasteiger partial charge in [-0.15, -0.1) is 0 Å². The summed E-state index contributed by atoms with van der Waals surface area (Å²) in [5.74, 6) is 1.08. The van der Waals surface area contributed by atoms with Crippen molar-refractivity contribution >= 4 is 21.6 Å². The second kappa shape index (κ2) is 8.52. The van der Waals surface area contributed by atoms with Gasteiger partial charge in [0.05, 0.1) is 25.7 Å². The molecule has 0 radical (unpaired) electrons. The maximum atomic E-state index is 12.6. The summed E-state index contributed by atoms with van der Waals surface area (Å²) in [4.78, 5) is 12.6. The van der Waals surface area contributed by atoms with Crippen LogP contribution in [0.15, 0.2) is 42.5 Å². The van der Waals surface area contributed by atoms with E-state index in [1.807, 2.05) is 6.07 Å². The van der Waals surface area contributed by atoms with Gasteiger partial charge in [-0.25, -0.2) is 8.42 Å². The van der Waals surface area contributed by atoms with Crippen molar-refractivity contribution in [2.24, 2.45) is 0 Å². The van der Waals surface area contributed by atoms with Crippen molar-refractivity contribution in [3.05, 3.63) is 53.6 Å². The summed E-state index contributed by atoms with van der Waals surface area (Å²) in [6, 6.07) is 12.1. The lowest BCUT2D eigenvalue weighted by atomic mass is 10.1. The standard InChI is InChI=1S/C20H24N2O5S/c1-26-18-9-8-15(12-19(18)27-2)14-21-20(23)16-6-5-7-17(13-16)22-10-3-4-11-28(22,24)25/h5-9,12-13H,3-4,10-11,14H2,1-2H3,(H,21,23). The number of amides is 1. The number of ether oxygens (including phenoxy) is 2. The van der Waals surface area contributed by atoms with Crippen LogP contribution in [-0.2, 0) is 16.6 Å². The molecule has 1 amide bonds. The van der Waals surface area contributed by atoms with Crippen molar-refractivity contribution in [1.29, 1.82) is 0 Å². The Bertz CT molecular complexity index is 959. The van der Waals surface area contributed by atoms with Crippen molar-refractivity contribution in [2.45, 2.75) is 19.4 Å². The van der Waals surface area contributed by atoms with Crippen molar-refractivity contribution in [3.8, 4) is 11.5 Å². The number of carbonyl (C=O) groups is 1. The first-order valence-electron chi connectivity index (χ1n) is 9.04. The molecule has 1 saturated heterocycles. The lowest BCUT2D eigenvalue weighted by molar-refractivity contribution is 0.0951. The number of anilines is 1. The first-order chi connectivity index (χ1) is 13.4. The first kappa shape index (κ1) is 20.0. The molecule has 0 aliphatic carbocycles. The van der Waals surface area contributed by atoms with Gasteiger partial charge in [-0.3, -0.25) is 9.10 Å². The van der Waals surface area contributed by atoms with Crippen LogP contribution < -0.4 is 19.1 Å². The van der Waals surface area contributed by atoms with E-state index in [-0.39, 0.29) is 11.7 Å². The van der Waals surface area contributed by atoms with Crippen molar-refractivity contribution in [3.63, 3.8) is 0 Å². The fourth-order valence-electron chi connectivity index (χ4n) is 3.16. The molecule has 0 unspecified atom stereocenters. The van der Waals surface area contributed by atoms with Crippen LogP contribution in [0.4, 0.5) is 5.69 Å². The average molecular weight is 404 g/mol. The summed E-state index contributed by atoms with van der Waals surface area (Å²) in [5, 5.41) is 2.85. The molecule has 0 bridgehead atoms. The number of hydrogen-bond acceptors (Lipinski definition) is 5. The maximum Gasteiger partial charge on any atom is 0.251 e. The van der Waals surface area contributed by atoms with E-state index in [1.165, 1.54) is 4.31 Å². The van der Waals surface area contributed by atoms with Gasteiger partial charge in [-0.1, -0.05) is 12.1 Å². The van der Waals surface area contributed by atoms with E-state index in [1.54, 1.807) is 50.6 Å². The minimum atomic E-state index is -3.31. The highest BCUT2D eigenvalue weighted by molar-refractivity contribution is 7.92. The molecule has 2 aromatic rings. The smallest absolute Gasteiger partial charge is 0.251 e. The van der Waals surface area contributed by atoms with Crippen LogP contribution in [0.2, 0.25) is 0 Å². The molecule has 0 spiro atoms. The molecular formula is C20H24N2O5S. The lowest BCUT2D eigenvalue weighted by Crippen LogP contribution is -2.38. The zero-order valence-corrected chi connectivity index (χ0v) is 16.8. The molecule has 8 heteroatoms. The quantitative estimate of drug-likeness (QED) is 0.800. The van der Waals surface area contributed by atoms with Gasteiger partial charge in [0.1, 0.15) is 0 Å². The SMILES string of the molecule is COc1ccc(CNC(=O)c2cccc(N3CCCCS3(=O)=O)c2)cc1OC. The van der Waals surface area contributed by atoms with Crippen molar-refractivity contribution < 1.29 is 22.7 Å². The van der Waals surface area contributed by atoms with Gasteiger partial charge in [0.25, 0.3) is 5.91 Å². The Labute approximate surface area is 165 Å². The second-order valence-corrected chi connectivity index (χ2v) is 8.53. The zero-order chi connectivity index (χ0) is 20.1. The Balaban J connectivity index is 1.71. The predicted molar refractivity (Wildman–Crippen MR) is 108 cm³/mol. The van der Waals surface area contributed by atoms with E-state index in [9.17, 15) is 13.2 Å². The Morgan fingerprint density at radius 1 is 1.07 bits per heavy atom. The minimum absolute atomic E-state index is 0.142. The van der Waals surface area contributed by atoms with Gasteiger partial charge in [0.15, 0.2) is 11.5 Å². The van der Waals surface area contributed by atoms with E-state index in [0.29, 0.717) is 42.3 Å². The number of nitrogens with zero attached hydrogens (tertiary/aromatic N) is 1. The molecule has 0 aromatic heterocycles. The van der Waals surface area contributed by atoms with Crippen molar-refractivity contribution in [2.75, 3.05) is 30.8 Å². The molecular weight excluding hydrogens is 380 g/mol. The molecule has 1 heterocycles. The second-order valence-electron chi connectivity index (χ2n) is 6.52. The topological polar surface area (TPSA) is 84.9 Å². The normalized spacial score (nSPS) is 15.7. The highest BCUT2D eigenvalue weighted by atomic mass is 32.2. The number of benzene rings is 2. The van der Waals surface area contributed by atoms with E-state index in [4.69, 9.17) is 9.47 Å². The number of nitrogens with one attached hydrogen (secondary N) is 1. The van der Waals surface area contributed by atoms with Crippen LogP contribution in [0.25, 0.3) is 0 Å². The number of rotatable bonds is 6. The van der Waals surface area contributed by atoms with Gasteiger partial charge in [-0.2, -0.15) is 0 Å². The fourth-order valence-corrected chi connectivity index (χ4v) is 4.79. The average Bonchev–Trinajstić information content (AvgIpc) is 2.71. The predicted octanol–water partition coefficient (Wildman–Crippen LogP) is 2.56. The maximum absolute atomic E-state index is 12.6. The van der Waals surface area contributed by atoms with E-state index in [2.05, 4.69) is 5.32 Å². The number of carbonyl (C=O) groups excluding carboxylic acids is 1. The lowest BCUT2D eigenvalue weighted by Gasteiger charge is -2.28. The van der Waals surface area contributed by atoms with Gasteiger partial charge in [0.2, 0.25) is 10.0 Å². The minimum Gasteiger partial charge on any atom is -0.493 e. The molecule has 1 N–H and O–H groups in total. The number of hydrogen-bond donors (Lipinski definition) is 1. The highest BCUT2D eigenvalue weighted by Crippen LogP contribution is 2.28. The summed E-state index contributed by atoms with van der Waals surface area (Å²) >= 11 is 0. The molecule has 1 fully saturated rings. The van der Waals surface area contributed by atoms with E-state index >= 15 is 0 Å². The van der Waals surface area contributed by atoms with E-state index < -0.39 is 10.0 Å². The first-order valence-corrected chi connectivity index (χ1v) is 10.6. The summed E-state index contributed by atoms with van der Waals surface area (Å²) in [6.45, 7) is 0.754. The van der Waals surface area contributed by atoms with Gasteiger partial charge < -0.3 is 14.8 Å². The van der Waals surface area contributed by atoms with Crippen LogP contribution in [0.3, 0.4) is 0 Å². The summed E-state index contributed by atoms with van der Waals surface area (Å²) in [5.41, 5.74) is 1.80. The molecule has 1 aliphatic rings. The van der Waals surface area contributed by atoms with Gasteiger partial charge in [-0.05, 0) is 48.7 Å². The van der Waals surface area contributed by atoms with Crippen LogP contribution in [-0.4, -0.2) is 40.8 Å². The number of sulfonamides is 1. The van der Waals surface area contributed by atoms with Crippen molar-refractivity contribution in [1.82, 2.24) is 5.32 Å². The Hall–Kier alpha value is -2.74. The molecule has 0 atom stereocenters. The molecule has 28 heavy (non-hydrogen) atoms. The summed E-state index contributed by atoms with van der Waals surface area (Å²) < 4.78 is 36.4. The zero-order valence-electron chi connectivity index (χ0n) is 16.0. The molecule has 3 rings (SSSR count). The summed E-state index contributed by atoms with van der Waals surface area (Å²) in [7, 11) is -0.193. The third-order valence-electron chi connectivity index (χ3n) is 4.65. The van der Waals surface area contributed by atoms with Gasteiger partial charge >= 0.3 is 0 Å². The third-order valence-corrected chi connectivity index (χ3v) is 6.52. The molecule has 2 aromatic carbocycles. The fraction of sp³-hybridized carbons (Fsp3) is 0.350. The largest absolute Gasteiger partial charge is 0.493 e. The number of methoxy groups -OCH3 is 2. The Kier molecular flexibility index (Phi) is 6.08. The van der Waals surface area contributed by atoms with Crippen LogP contribution >= 0.6 is 0 Å². The summed E-state index contributed by atoms with van der Waals surface area (Å²) in [6.07, 6.45) is 1.49. The third kappa shape index (κ3) is 4.39. The van der Waals surface area contributed by atoms with E-state index in [0.717, 1.165) is 12.0 Å². The monoisotopic (exact) mass is 404 g/mol. The van der Waals surface area contributed by atoms with Gasteiger partial charge in [0, 0.05) is 18.7 Å². The Morgan fingerprint density at radius 3 is 2.57 bits per heavy atom. The van der Waals surface area contributed by atoms with Crippen LogP contribution in [0.5, 0.6) is 11.5 Å². The van der Waals surface area contributed by atoms with Crippen LogP contribution in [0, 0.1) is 0 Å². The molecule has 0 saturated carbocycles. The highest BCUT2D eigenvalue weighted by Gasteiger charge is 2.26. The Morgan fingerprint density at radius 2 is 1.86 bits per heavy atom. The molecule has 150 valence electrons. The van der Waals surface area contributed by atoms with Crippen LogP contribution in [0.1, 0.15) is 28.8 Å². The molecule has 1 aliphatic heterocycles. The molecule has 7 nitrogen and oxygen atoms in total.